The van der Waals surface area contributed by atoms with Gasteiger partial charge in [0.05, 0.1) is 10.7 Å². The third-order valence-electron chi connectivity index (χ3n) is 1.71. The van der Waals surface area contributed by atoms with Crippen LogP contribution in [0.1, 0.15) is 6.92 Å². The van der Waals surface area contributed by atoms with Gasteiger partial charge in [0.15, 0.2) is 5.82 Å². The maximum Gasteiger partial charge on any atom is 0.164 e. The molecule has 4 heteroatoms. The van der Waals surface area contributed by atoms with Crippen molar-refractivity contribution in [1.82, 2.24) is 0 Å². The fourth-order valence-corrected chi connectivity index (χ4v) is 1.11. The molecule has 1 aromatic rings. The Balaban J connectivity index is 2.83. The molecule has 3 N–H and O–H groups in total. The molecule has 0 amide bonds. The van der Waals surface area contributed by atoms with Crippen LogP contribution in [-0.4, -0.2) is 12.6 Å². The molecule has 0 bridgehead atoms. The van der Waals surface area contributed by atoms with Crippen molar-refractivity contribution >= 4 is 17.3 Å². The van der Waals surface area contributed by atoms with E-state index in [0.29, 0.717) is 12.2 Å². The smallest absolute Gasteiger partial charge is 0.164 e. The van der Waals surface area contributed by atoms with Crippen molar-refractivity contribution in [2.45, 2.75) is 13.0 Å². The van der Waals surface area contributed by atoms with E-state index in [-0.39, 0.29) is 11.1 Å². The quantitative estimate of drug-likeness (QED) is 0.789. The summed E-state index contributed by atoms with van der Waals surface area (Å²) in [6.07, 6.45) is 0. The molecule has 0 aliphatic carbocycles. The van der Waals surface area contributed by atoms with Gasteiger partial charge >= 0.3 is 0 Å². The molecule has 0 spiro atoms. The summed E-state index contributed by atoms with van der Waals surface area (Å²) >= 11 is 5.59. The first-order chi connectivity index (χ1) is 6.15. The highest BCUT2D eigenvalue weighted by Crippen LogP contribution is 2.22. The van der Waals surface area contributed by atoms with E-state index in [1.807, 2.05) is 6.92 Å². The van der Waals surface area contributed by atoms with E-state index in [4.69, 9.17) is 17.3 Å². The van der Waals surface area contributed by atoms with Crippen molar-refractivity contribution in [3.8, 4) is 0 Å². The van der Waals surface area contributed by atoms with Gasteiger partial charge in [-0.1, -0.05) is 17.7 Å². The number of benzene rings is 1. The average molecular weight is 203 g/mol. The lowest BCUT2D eigenvalue weighted by atomic mass is 10.2. The normalized spacial score (nSPS) is 12.6. The maximum atomic E-state index is 13.3. The van der Waals surface area contributed by atoms with E-state index in [1.54, 1.807) is 12.1 Å². The molecule has 0 heterocycles. The van der Waals surface area contributed by atoms with Crippen LogP contribution in [0.5, 0.6) is 0 Å². The van der Waals surface area contributed by atoms with Crippen LogP contribution in [0.4, 0.5) is 10.1 Å². The lowest BCUT2D eigenvalue weighted by Crippen LogP contribution is -2.25. The Hall–Kier alpha value is -0.800. The summed E-state index contributed by atoms with van der Waals surface area (Å²) in [7, 11) is 0. The number of nitrogens with two attached hydrogens (primary N) is 1. The van der Waals surface area contributed by atoms with E-state index in [9.17, 15) is 4.39 Å². The number of rotatable bonds is 3. The number of hydrogen-bond acceptors (Lipinski definition) is 2. The van der Waals surface area contributed by atoms with Gasteiger partial charge in [-0.25, -0.2) is 4.39 Å². The van der Waals surface area contributed by atoms with Crippen molar-refractivity contribution in [2.75, 3.05) is 11.9 Å². The summed E-state index contributed by atoms with van der Waals surface area (Å²) in [5.74, 6) is -0.426. The van der Waals surface area contributed by atoms with E-state index < -0.39 is 5.82 Å². The van der Waals surface area contributed by atoms with Crippen LogP contribution in [0, 0.1) is 5.82 Å². The van der Waals surface area contributed by atoms with Crippen LogP contribution in [0.25, 0.3) is 0 Å². The van der Waals surface area contributed by atoms with Gasteiger partial charge in [0.2, 0.25) is 0 Å². The van der Waals surface area contributed by atoms with Crippen LogP contribution in [0.15, 0.2) is 18.2 Å². The molecule has 1 aromatic carbocycles. The summed E-state index contributed by atoms with van der Waals surface area (Å²) in [5, 5.41) is 3.04. The predicted molar refractivity (Wildman–Crippen MR) is 53.5 cm³/mol. The second-order valence-corrected chi connectivity index (χ2v) is 3.29. The molecule has 0 aliphatic heterocycles. The van der Waals surface area contributed by atoms with Crippen molar-refractivity contribution in [1.29, 1.82) is 0 Å². The molecule has 1 rings (SSSR count). The minimum absolute atomic E-state index is 0.0352. The van der Waals surface area contributed by atoms with Crippen LogP contribution in [0.3, 0.4) is 0 Å². The highest BCUT2D eigenvalue weighted by molar-refractivity contribution is 6.31. The second-order valence-electron chi connectivity index (χ2n) is 2.88. The standard InChI is InChI=1S/C9H12ClFN2/c1-6(5-12)13-8-4-2-3-7(10)9(8)11/h2-4,6,13H,5,12H2,1H3. The van der Waals surface area contributed by atoms with Gasteiger partial charge in [0.1, 0.15) is 0 Å². The molecule has 2 nitrogen and oxygen atoms in total. The Morgan fingerprint density at radius 1 is 1.62 bits per heavy atom. The van der Waals surface area contributed by atoms with Crippen LogP contribution < -0.4 is 11.1 Å². The zero-order valence-corrected chi connectivity index (χ0v) is 8.11. The highest BCUT2D eigenvalue weighted by Gasteiger charge is 2.07. The zero-order chi connectivity index (χ0) is 9.84. The number of anilines is 1. The zero-order valence-electron chi connectivity index (χ0n) is 7.35. The average Bonchev–Trinajstić information content (AvgIpc) is 2.13. The molecule has 1 atom stereocenters. The first-order valence-corrected chi connectivity index (χ1v) is 4.43. The minimum atomic E-state index is -0.426. The number of hydrogen-bond donors (Lipinski definition) is 2. The molecular formula is C9H12ClFN2. The predicted octanol–water partition coefficient (Wildman–Crippen LogP) is 2.24. The van der Waals surface area contributed by atoms with Gasteiger partial charge in [0.25, 0.3) is 0 Å². The first kappa shape index (κ1) is 10.3. The lowest BCUT2D eigenvalue weighted by Gasteiger charge is -2.13. The SMILES string of the molecule is CC(CN)Nc1cccc(Cl)c1F. The minimum Gasteiger partial charge on any atom is -0.379 e. The van der Waals surface area contributed by atoms with E-state index in [0.717, 1.165) is 0 Å². The van der Waals surface area contributed by atoms with Crippen LogP contribution in [0.2, 0.25) is 5.02 Å². The number of halogens is 2. The maximum absolute atomic E-state index is 13.3. The van der Waals surface area contributed by atoms with Crippen molar-refractivity contribution < 1.29 is 4.39 Å². The van der Waals surface area contributed by atoms with Crippen molar-refractivity contribution in [3.63, 3.8) is 0 Å². The summed E-state index contributed by atoms with van der Waals surface area (Å²) < 4.78 is 13.3. The van der Waals surface area contributed by atoms with Gasteiger partial charge in [0, 0.05) is 12.6 Å². The third kappa shape index (κ3) is 2.57. The summed E-state index contributed by atoms with van der Waals surface area (Å²) in [5.41, 5.74) is 5.78. The molecule has 0 saturated heterocycles. The van der Waals surface area contributed by atoms with E-state index in [2.05, 4.69) is 5.32 Å². The molecule has 0 aliphatic rings. The Bertz CT molecular complexity index is 291. The van der Waals surface area contributed by atoms with Crippen LogP contribution in [-0.2, 0) is 0 Å². The first-order valence-electron chi connectivity index (χ1n) is 4.05. The molecule has 0 radical (unpaired) electrons. The highest BCUT2D eigenvalue weighted by atomic mass is 35.5. The van der Waals surface area contributed by atoms with Gasteiger partial charge in [-0.3, -0.25) is 0 Å². The number of nitrogens with one attached hydrogen (secondary N) is 1. The lowest BCUT2D eigenvalue weighted by molar-refractivity contribution is 0.627. The fraction of sp³-hybridized carbons (Fsp3) is 0.333. The molecule has 0 fully saturated rings. The molecule has 1 unspecified atom stereocenters. The second kappa shape index (κ2) is 4.44. The van der Waals surface area contributed by atoms with Crippen molar-refractivity contribution in [2.24, 2.45) is 5.73 Å². The topological polar surface area (TPSA) is 38.0 Å². The van der Waals surface area contributed by atoms with E-state index in [1.165, 1.54) is 6.07 Å². The van der Waals surface area contributed by atoms with Gasteiger partial charge in [-0.2, -0.15) is 0 Å². The third-order valence-corrected chi connectivity index (χ3v) is 2.00. The fourth-order valence-electron chi connectivity index (χ4n) is 0.940. The molecule has 0 aromatic heterocycles. The molecule has 13 heavy (non-hydrogen) atoms. The Morgan fingerprint density at radius 3 is 2.92 bits per heavy atom. The molecule has 0 saturated carbocycles. The molecular weight excluding hydrogens is 191 g/mol. The summed E-state index contributed by atoms with van der Waals surface area (Å²) in [6.45, 7) is 2.33. The summed E-state index contributed by atoms with van der Waals surface area (Å²) in [4.78, 5) is 0. The van der Waals surface area contributed by atoms with Gasteiger partial charge in [-0.05, 0) is 19.1 Å². The Labute approximate surface area is 81.9 Å². The van der Waals surface area contributed by atoms with Crippen molar-refractivity contribution in [3.05, 3.63) is 29.0 Å². The monoisotopic (exact) mass is 202 g/mol. The largest absolute Gasteiger partial charge is 0.379 e. The van der Waals surface area contributed by atoms with Gasteiger partial charge in [-0.15, -0.1) is 0 Å². The van der Waals surface area contributed by atoms with E-state index >= 15 is 0 Å². The molecule has 72 valence electrons. The Kier molecular flexibility index (Phi) is 3.51. The van der Waals surface area contributed by atoms with Gasteiger partial charge < -0.3 is 11.1 Å². The van der Waals surface area contributed by atoms with Crippen LogP contribution >= 0.6 is 11.6 Å². The summed E-state index contributed by atoms with van der Waals surface area (Å²) in [6, 6.07) is 4.87. The Morgan fingerprint density at radius 2 is 2.31 bits per heavy atom.